The molecule has 2 aliphatic heterocycles. The summed E-state index contributed by atoms with van der Waals surface area (Å²) in [6.07, 6.45) is 1.95. The van der Waals surface area contributed by atoms with E-state index in [1.165, 1.54) is 24.1 Å². The van der Waals surface area contributed by atoms with E-state index >= 15 is 0 Å². The molecule has 0 aliphatic carbocycles. The van der Waals surface area contributed by atoms with Gasteiger partial charge < -0.3 is 9.64 Å². The smallest absolute Gasteiger partial charge is 0.282 e. The summed E-state index contributed by atoms with van der Waals surface area (Å²) >= 11 is 0. The molecule has 4 rings (SSSR count). The molecule has 138 valence electrons. The van der Waals surface area contributed by atoms with Gasteiger partial charge in [-0.2, -0.15) is 0 Å². The van der Waals surface area contributed by atoms with Crippen LogP contribution in [0.25, 0.3) is 5.57 Å². The average molecular weight is 366 g/mol. The van der Waals surface area contributed by atoms with Crippen molar-refractivity contribution in [3.05, 3.63) is 65.6 Å². The predicted octanol–water partition coefficient (Wildman–Crippen LogP) is 3.21. The maximum atomic E-state index is 13.4. The van der Waals surface area contributed by atoms with Gasteiger partial charge in [0.1, 0.15) is 17.3 Å². The third-order valence-electron chi connectivity index (χ3n) is 4.93. The summed E-state index contributed by atoms with van der Waals surface area (Å²) in [4.78, 5) is 29.6. The summed E-state index contributed by atoms with van der Waals surface area (Å²) in [5.41, 5.74) is 1.72. The number of anilines is 1. The number of likely N-dealkylation sites (tertiary alicyclic amines) is 1. The second-order valence-corrected chi connectivity index (χ2v) is 6.57. The average Bonchev–Trinajstić information content (AvgIpc) is 3.29. The monoisotopic (exact) mass is 366 g/mol. The van der Waals surface area contributed by atoms with Gasteiger partial charge in [-0.05, 0) is 42.7 Å². The summed E-state index contributed by atoms with van der Waals surface area (Å²) in [5, 5.41) is 0. The molecule has 0 bridgehead atoms. The highest BCUT2D eigenvalue weighted by atomic mass is 19.1. The number of methoxy groups -OCH3 is 1. The molecular formula is C21H19FN2O3. The first-order chi connectivity index (χ1) is 13.1. The second-order valence-electron chi connectivity index (χ2n) is 6.57. The first-order valence-electron chi connectivity index (χ1n) is 8.88. The van der Waals surface area contributed by atoms with Gasteiger partial charge in [0.25, 0.3) is 11.8 Å². The third-order valence-corrected chi connectivity index (χ3v) is 4.93. The fourth-order valence-electron chi connectivity index (χ4n) is 3.61. The zero-order valence-corrected chi connectivity index (χ0v) is 14.9. The lowest BCUT2D eigenvalue weighted by Gasteiger charge is -2.20. The van der Waals surface area contributed by atoms with Gasteiger partial charge in [-0.15, -0.1) is 0 Å². The molecular weight excluding hydrogens is 347 g/mol. The number of hydrogen-bond acceptors (Lipinski definition) is 4. The highest BCUT2D eigenvalue weighted by Gasteiger charge is 2.43. The number of rotatable bonds is 4. The lowest BCUT2D eigenvalue weighted by atomic mass is 10.0. The standard InChI is InChI=1S/C21H19FN2O3/c1-27-17-6-4-5-16(13-17)24-20(25)18(14-7-9-15(22)10-8-14)19(21(24)26)23-11-2-3-12-23/h4-10,13H,2-3,11-12H2,1H3. The van der Waals surface area contributed by atoms with Crippen LogP contribution < -0.4 is 9.64 Å². The molecule has 27 heavy (non-hydrogen) atoms. The Morgan fingerprint density at radius 1 is 0.963 bits per heavy atom. The molecule has 0 radical (unpaired) electrons. The Labute approximate surface area is 156 Å². The van der Waals surface area contributed by atoms with Crippen LogP contribution in [0.15, 0.2) is 54.2 Å². The maximum absolute atomic E-state index is 13.4. The van der Waals surface area contributed by atoms with E-state index in [0.29, 0.717) is 28.3 Å². The van der Waals surface area contributed by atoms with Crippen LogP contribution in [0.5, 0.6) is 5.75 Å². The van der Waals surface area contributed by atoms with Crippen molar-refractivity contribution < 1.29 is 18.7 Å². The Balaban J connectivity index is 1.82. The molecule has 0 unspecified atom stereocenters. The van der Waals surface area contributed by atoms with Crippen molar-refractivity contribution in [3.63, 3.8) is 0 Å². The Morgan fingerprint density at radius 3 is 2.33 bits per heavy atom. The van der Waals surface area contributed by atoms with E-state index in [1.807, 2.05) is 4.90 Å². The number of amides is 2. The molecule has 0 N–H and O–H groups in total. The second kappa shape index (κ2) is 6.87. The number of hydrogen-bond donors (Lipinski definition) is 0. The van der Waals surface area contributed by atoms with Crippen molar-refractivity contribution in [3.8, 4) is 5.75 Å². The predicted molar refractivity (Wildman–Crippen MR) is 99.6 cm³/mol. The van der Waals surface area contributed by atoms with E-state index in [-0.39, 0.29) is 11.7 Å². The number of benzene rings is 2. The molecule has 1 saturated heterocycles. The van der Waals surface area contributed by atoms with E-state index < -0.39 is 5.91 Å². The molecule has 2 aliphatic rings. The SMILES string of the molecule is COc1cccc(N2C(=O)C(c3ccc(F)cc3)=C(N3CCCC3)C2=O)c1. The van der Waals surface area contributed by atoms with Crippen molar-refractivity contribution in [1.82, 2.24) is 4.90 Å². The summed E-state index contributed by atoms with van der Waals surface area (Å²) in [6.45, 7) is 1.45. The number of halogens is 1. The van der Waals surface area contributed by atoms with Crippen molar-refractivity contribution in [2.45, 2.75) is 12.8 Å². The molecule has 2 aromatic carbocycles. The van der Waals surface area contributed by atoms with Crippen LogP contribution in [0.2, 0.25) is 0 Å². The molecule has 2 amide bonds. The minimum atomic E-state index is -0.401. The Kier molecular flexibility index (Phi) is 4.39. The number of imide groups is 1. The summed E-state index contributed by atoms with van der Waals surface area (Å²) < 4.78 is 18.6. The number of nitrogens with zero attached hydrogens (tertiary/aromatic N) is 2. The Morgan fingerprint density at radius 2 is 1.67 bits per heavy atom. The number of carbonyl (C=O) groups excluding carboxylic acids is 2. The van der Waals surface area contributed by atoms with Crippen LogP contribution in [-0.4, -0.2) is 36.9 Å². The molecule has 0 saturated carbocycles. The minimum absolute atomic E-state index is 0.324. The molecule has 0 atom stereocenters. The first kappa shape index (κ1) is 17.3. The van der Waals surface area contributed by atoms with E-state index in [0.717, 1.165) is 25.9 Å². The summed E-state index contributed by atoms with van der Waals surface area (Å²) in [6, 6.07) is 12.5. The van der Waals surface area contributed by atoms with Gasteiger partial charge in [-0.25, -0.2) is 9.29 Å². The van der Waals surface area contributed by atoms with Gasteiger partial charge in [-0.3, -0.25) is 9.59 Å². The lowest BCUT2D eigenvalue weighted by Crippen LogP contribution is -2.34. The normalized spacial score (nSPS) is 17.3. The summed E-state index contributed by atoms with van der Waals surface area (Å²) in [5.74, 6) is -0.578. The summed E-state index contributed by atoms with van der Waals surface area (Å²) in [7, 11) is 1.53. The van der Waals surface area contributed by atoms with Crippen LogP contribution in [0.3, 0.4) is 0 Å². The van der Waals surface area contributed by atoms with Gasteiger partial charge >= 0.3 is 0 Å². The first-order valence-corrected chi connectivity index (χ1v) is 8.88. The van der Waals surface area contributed by atoms with E-state index in [1.54, 1.807) is 36.4 Å². The zero-order chi connectivity index (χ0) is 19.0. The molecule has 2 heterocycles. The number of carbonyl (C=O) groups is 2. The Hall–Kier alpha value is -3.15. The van der Waals surface area contributed by atoms with Crippen LogP contribution in [0.1, 0.15) is 18.4 Å². The van der Waals surface area contributed by atoms with Gasteiger partial charge in [0.15, 0.2) is 0 Å². The zero-order valence-electron chi connectivity index (χ0n) is 14.9. The molecule has 6 heteroatoms. The highest BCUT2D eigenvalue weighted by Crippen LogP contribution is 2.36. The van der Waals surface area contributed by atoms with Gasteiger partial charge in [-0.1, -0.05) is 18.2 Å². The largest absolute Gasteiger partial charge is 0.497 e. The fraction of sp³-hybridized carbons (Fsp3) is 0.238. The van der Waals surface area contributed by atoms with Crippen molar-refractivity contribution in [2.75, 3.05) is 25.1 Å². The quantitative estimate of drug-likeness (QED) is 0.780. The van der Waals surface area contributed by atoms with Crippen LogP contribution in [0.4, 0.5) is 10.1 Å². The molecule has 0 spiro atoms. The minimum Gasteiger partial charge on any atom is -0.497 e. The van der Waals surface area contributed by atoms with Gasteiger partial charge in [0.2, 0.25) is 0 Å². The third kappa shape index (κ3) is 2.97. The highest BCUT2D eigenvalue weighted by molar-refractivity contribution is 6.45. The van der Waals surface area contributed by atoms with Crippen LogP contribution in [0, 0.1) is 5.82 Å². The van der Waals surface area contributed by atoms with Crippen molar-refractivity contribution in [2.24, 2.45) is 0 Å². The van der Waals surface area contributed by atoms with Crippen molar-refractivity contribution >= 4 is 23.1 Å². The molecule has 0 aromatic heterocycles. The van der Waals surface area contributed by atoms with E-state index in [2.05, 4.69) is 0 Å². The molecule has 1 fully saturated rings. The number of ether oxygens (including phenoxy) is 1. The van der Waals surface area contributed by atoms with Gasteiger partial charge in [0, 0.05) is 19.2 Å². The lowest BCUT2D eigenvalue weighted by molar-refractivity contribution is -0.120. The Bertz CT molecular complexity index is 931. The van der Waals surface area contributed by atoms with Crippen LogP contribution in [-0.2, 0) is 9.59 Å². The molecule has 5 nitrogen and oxygen atoms in total. The molecule has 2 aromatic rings. The van der Waals surface area contributed by atoms with Crippen LogP contribution >= 0.6 is 0 Å². The van der Waals surface area contributed by atoms with E-state index in [4.69, 9.17) is 4.74 Å². The van der Waals surface area contributed by atoms with Crippen molar-refractivity contribution in [1.29, 1.82) is 0 Å². The maximum Gasteiger partial charge on any atom is 0.282 e. The fourth-order valence-corrected chi connectivity index (χ4v) is 3.61. The van der Waals surface area contributed by atoms with E-state index in [9.17, 15) is 14.0 Å². The topological polar surface area (TPSA) is 49.9 Å². The van der Waals surface area contributed by atoms with Gasteiger partial charge in [0.05, 0.1) is 18.4 Å².